The van der Waals surface area contributed by atoms with Crippen LogP contribution in [-0.4, -0.2) is 25.9 Å². The molecule has 4 aliphatic carbocycles. The van der Waals surface area contributed by atoms with E-state index in [1.165, 1.54) is 88.5 Å². The lowest BCUT2D eigenvalue weighted by atomic mass is 9.44. The number of benzene rings is 4. The Balaban J connectivity index is 1.11. The fourth-order valence-electron chi connectivity index (χ4n) is 13.3. The quantitative estimate of drug-likeness (QED) is 0.154. The Labute approximate surface area is 341 Å². The van der Waals surface area contributed by atoms with Gasteiger partial charge in [-0.3, -0.25) is 9.11 Å². The summed E-state index contributed by atoms with van der Waals surface area (Å²) in [5.41, 5.74) is 3.77. The number of hydrogen-bond acceptors (Lipinski definition) is 4. The molecule has 8 heteroatoms. The van der Waals surface area contributed by atoms with Gasteiger partial charge >= 0.3 is 0 Å². The minimum Gasteiger partial charge on any atom is -0.282 e. The monoisotopic (exact) mass is 810 g/mol. The molecule has 4 fully saturated rings. The van der Waals surface area contributed by atoms with E-state index in [0.29, 0.717) is 33.4 Å². The van der Waals surface area contributed by atoms with Gasteiger partial charge in [0.15, 0.2) is 0 Å². The molecule has 0 aromatic heterocycles. The van der Waals surface area contributed by atoms with Crippen LogP contribution in [0.1, 0.15) is 123 Å². The zero-order valence-corrected chi connectivity index (χ0v) is 36.1. The second-order valence-electron chi connectivity index (χ2n) is 19.6. The van der Waals surface area contributed by atoms with Gasteiger partial charge in [0.25, 0.3) is 20.2 Å². The van der Waals surface area contributed by atoms with E-state index in [0.717, 1.165) is 75.8 Å². The van der Waals surface area contributed by atoms with Crippen molar-refractivity contribution in [2.45, 2.75) is 121 Å². The molecule has 2 N–H and O–H groups in total. The molecule has 57 heavy (non-hydrogen) atoms. The molecule has 6 nitrogen and oxygen atoms in total. The Morgan fingerprint density at radius 2 is 1.28 bits per heavy atom. The summed E-state index contributed by atoms with van der Waals surface area (Å²) < 4.78 is 68.1. The highest BCUT2D eigenvalue weighted by Crippen LogP contribution is 2.69. The van der Waals surface area contributed by atoms with E-state index in [4.69, 9.17) is 0 Å². The number of hydrogen-bond donors (Lipinski definition) is 2. The fourth-order valence-corrected chi connectivity index (χ4v) is 14.4. The third-order valence-corrected chi connectivity index (χ3v) is 17.9. The molecule has 4 saturated carbocycles. The maximum atomic E-state index is 12.1. The highest BCUT2D eigenvalue weighted by Gasteiger charge is 2.60. The van der Waals surface area contributed by atoms with Crippen molar-refractivity contribution in [1.29, 1.82) is 0 Å². The van der Waals surface area contributed by atoms with E-state index in [1.54, 1.807) is 12.1 Å². The van der Waals surface area contributed by atoms with Crippen LogP contribution in [0.2, 0.25) is 0 Å². The summed E-state index contributed by atoms with van der Waals surface area (Å²) >= 11 is 0. The Morgan fingerprint density at radius 1 is 0.702 bits per heavy atom. The smallest absolute Gasteiger partial charge is 0.282 e. The SMILES string of the molecule is CC(C)CCC[C@@H](C)[C@H]1CC[C@H]2[C@@H]3CC[C@H]4C[C@@H](C=C(c5cccc6cc(S(=O)(=O)O)ccc56)c5cccc6cc(S(=O)(=O)O)ccc56)CC[C@]4(C)[C@H]3CC[C@]12C. The van der Waals surface area contributed by atoms with Gasteiger partial charge in [-0.1, -0.05) is 108 Å². The van der Waals surface area contributed by atoms with Crippen LogP contribution in [0.4, 0.5) is 0 Å². The number of allylic oxidation sites excluding steroid dienone is 1. The van der Waals surface area contributed by atoms with Gasteiger partial charge in [-0.05, 0) is 178 Å². The number of rotatable bonds is 10. The van der Waals surface area contributed by atoms with Gasteiger partial charge in [0.05, 0.1) is 9.79 Å². The standard InChI is InChI=1S/C49H62O6S2/c1-31(2)9-6-10-32(3)45-21-22-46-43-18-15-36-27-33(23-25-48(36,4)47(43)24-26-49(45,46)5)28-44(41-13-7-11-34-29-37(56(50,51)52)16-19-39(34)41)42-14-8-12-35-30-38(57(53,54)55)17-20-40(35)42/h7-8,11-14,16-17,19-20,28-33,36,43,45-47H,6,9-10,15,18,21-27H2,1-5H3,(H,50,51,52)(H,53,54,55)/t32-,33+,36+,43+,45-,46+,47+,48+,49-/m1/s1. The Kier molecular flexibility index (Phi) is 10.9. The van der Waals surface area contributed by atoms with E-state index in [2.05, 4.69) is 52.8 Å². The van der Waals surface area contributed by atoms with Crippen LogP contribution in [0, 0.1) is 58.2 Å². The Morgan fingerprint density at radius 3 is 1.86 bits per heavy atom. The average Bonchev–Trinajstić information content (AvgIpc) is 3.52. The van der Waals surface area contributed by atoms with Crippen LogP contribution < -0.4 is 0 Å². The van der Waals surface area contributed by atoms with Crippen molar-refractivity contribution < 1.29 is 25.9 Å². The van der Waals surface area contributed by atoms with Crippen LogP contribution in [0.3, 0.4) is 0 Å². The van der Waals surface area contributed by atoms with E-state index >= 15 is 0 Å². The van der Waals surface area contributed by atoms with Crippen molar-refractivity contribution >= 4 is 47.4 Å². The third kappa shape index (κ3) is 7.55. The number of fused-ring (bicyclic) bond motifs is 7. The Hall–Kier alpha value is -3.04. The molecule has 0 heterocycles. The molecule has 4 aliphatic rings. The Bertz CT molecular complexity index is 2300. The summed E-state index contributed by atoms with van der Waals surface area (Å²) in [5, 5.41) is 3.16. The molecular formula is C49H62O6S2. The molecule has 0 amide bonds. The topological polar surface area (TPSA) is 109 Å². The van der Waals surface area contributed by atoms with Crippen LogP contribution in [0.15, 0.2) is 88.7 Å². The lowest BCUT2D eigenvalue weighted by Crippen LogP contribution is -2.53. The molecule has 9 atom stereocenters. The van der Waals surface area contributed by atoms with Crippen molar-refractivity contribution in [2.24, 2.45) is 58.2 Å². The largest absolute Gasteiger partial charge is 0.294 e. The maximum Gasteiger partial charge on any atom is 0.294 e. The van der Waals surface area contributed by atoms with Crippen LogP contribution >= 0.6 is 0 Å². The molecule has 0 bridgehead atoms. The van der Waals surface area contributed by atoms with E-state index < -0.39 is 20.2 Å². The first-order valence-corrected chi connectivity index (χ1v) is 24.6. The maximum absolute atomic E-state index is 12.1. The van der Waals surface area contributed by atoms with Gasteiger partial charge in [0, 0.05) is 0 Å². The molecule has 0 radical (unpaired) electrons. The third-order valence-electron chi connectivity index (χ3n) is 16.2. The predicted molar refractivity (Wildman–Crippen MR) is 231 cm³/mol. The molecule has 0 aliphatic heterocycles. The molecule has 0 spiro atoms. The highest BCUT2D eigenvalue weighted by molar-refractivity contribution is 7.86. The minimum absolute atomic E-state index is 0.143. The molecule has 4 aromatic rings. The zero-order valence-electron chi connectivity index (χ0n) is 34.5. The highest BCUT2D eigenvalue weighted by atomic mass is 32.2. The summed E-state index contributed by atoms with van der Waals surface area (Å²) in [6.07, 6.45) is 18.2. The van der Waals surface area contributed by atoms with Gasteiger partial charge < -0.3 is 0 Å². The summed E-state index contributed by atoms with van der Waals surface area (Å²) in [7, 11) is -8.76. The van der Waals surface area contributed by atoms with Gasteiger partial charge in [-0.25, -0.2) is 0 Å². The molecule has 0 unspecified atom stereocenters. The van der Waals surface area contributed by atoms with Gasteiger partial charge in [-0.2, -0.15) is 16.8 Å². The molecule has 306 valence electrons. The molecule has 4 aromatic carbocycles. The average molecular weight is 811 g/mol. The second kappa shape index (κ2) is 15.2. The predicted octanol–water partition coefficient (Wildman–Crippen LogP) is 12.7. The van der Waals surface area contributed by atoms with Crippen molar-refractivity contribution in [1.82, 2.24) is 0 Å². The van der Waals surface area contributed by atoms with Crippen LogP contribution in [0.25, 0.3) is 27.1 Å². The van der Waals surface area contributed by atoms with Gasteiger partial charge in [-0.15, -0.1) is 0 Å². The lowest BCUT2D eigenvalue weighted by molar-refractivity contribution is -0.118. The molecule has 0 saturated heterocycles. The normalized spacial score (nSPS) is 30.8. The van der Waals surface area contributed by atoms with Crippen molar-refractivity contribution in [3.8, 4) is 0 Å². The van der Waals surface area contributed by atoms with E-state index in [9.17, 15) is 25.9 Å². The van der Waals surface area contributed by atoms with Gasteiger partial charge in [0.1, 0.15) is 0 Å². The van der Waals surface area contributed by atoms with E-state index in [-0.39, 0.29) is 9.79 Å². The molecule has 8 rings (SSSR count). The summed E-state index contributed by atoms with van der Waals surface area (Å²) in [6.45, 7) is 12.6. The summed E-state index contributed by atoms with van der Waals surface area (Å²) in [5.74, 6) is 5.95. The summed E-state index contributed by atoms with van der Waals surface area (Å²) in [6, 6.07) is 21.2. The summed E-state index contributed by atoms with van der Waals surface area (Å²) in [4.78, 5) is -0.287. The zero-order chi connectivity index (χ0) is 40.5. The fraction of sp³-hybridized carbons (Fsp3) is 0.551. The van der Waals surface area contributed by atoms with Crippen molar-refractivity contribution in [2.75, 3.05) is 0 Å². The first-order chi connectivity index (χ1) is 27.0. The van der Waals surface area contributed by atoms with E-state index in [1.807, 2.05) is 24.3 Å². The van der Waals surface area contributed by atoms with Crippen molar-refractivity contribution in [3.63, 3.8) is 0 Å². The van der Waals surface area contributed by atoms with Crippen LogP contribution in [-0.2, 0) is 20.2 Å². The van der Waals surface area contributed by atoms with Crippen molar-refractivity contribution in [3.05, 3.63) is 90.0 Å². The second-order valence-corrected chi connectivity index (χ2v) is 22.5. The minimum atomic E-state index is -4.38. The van der Waals surface area contributed by atoms with Crippen LogP contribution in [0.5, 0.6) is 0 Å². The molecular weight excluding hydrogens is 749 g/mol. The van der Waals surface area contributed by atoms with Gasteiger partial charge in [0.2, 0.25) is 0 Å². The first-order valence-electron chi connectivity index (χ1n) is 21.7. The first kappa shape index (κ1) is 40.7. The lowest BCUT2D eigenvalue weighted by Gasteiger charge is -2.61.